The van der Waals surface area contributed by atoms with Crippen LogP contribution in [0.1, 0.15) is 78.6 Å². The third-order valence-electron chi connectivity index (χ3n) is 10.5. The van der Waals surface area contributed by atoms with E-state index in [0.717, 1.165) is 38.5 Å². The van der Waals surface area contributed by atoms with E-state index in [2.05, 4.69) is 13.8 Å². The van der Waals surface area contributed by atoms with E-state index in [0.29, 0.717) is 35.7 Å². The zero-order valence-electron chi connectivity index (χ0n) is 18.4. The molecule has 0 saturated heterocycles. The number of hydrogen-bond donors (Lipinski definition) is 3. The van der Waals surface area contributed by atoms with E-state index >= 15 is 0 Å². The molecule has 4 heteroatoms. The number of rotatable bonds is 4. The summed E-state index contributed by atoms with van der Waals surface area (Å²) in [6, 6.07) is 0. The Kier molecular flexibility index (Phi) is 5.22. The van der Waals surface area contributed by atoms with Gasteiger partial charge in [0.25, 0.3) is 0 Å². The summed E-state index contributed by atoms with van der Waals surface area (Å²) < 4.78 is 5.33. The predicted octanol–water partition coefficient (Wildman–Crippen LogP) is 3.77. The number of fused-ring (bicyclic) bond motifs is 5. The van der Waals surface area contributed by atoms with Crippen molar-refractivity contribution in [1.29, 1.82) is 0 Å². The van der Waals surface area contributed by atoms with E-state index < -0.39 is 11.2 Å². The zero-order valence-corrected chi connectivity index (χ0v) is 18.4. The van der Waals surface area contributed by atoms with Gasteiger partial charge in [-0.1, -0.05) is 20.8 Å². The van der Waals surface area contributed by atoms with E-state index in [1.807, 2.05) is 6.92 Å². The van der Waals surface area contributed by atoms with Gasteiger partial charge >= 0.3 is 0 Å². The van der Waals surface area contributed by atoms with E-state index in [1.54, 1.807) is 7.11 Å². The van der Waals surface area contributed by atoms with Crippen LogP contribution in [-0.2, 0) is 4.74 Å². The lowest BCUT2D eigenvalue weighted by atomic mass is 9.43. The van der Waals surface area contributed by atoms with Crippen LogP contribution < -0.4 is 0 Å². The van der Waals surface area contributed by atoms with Crippen LogP contribution >= 0.6 is 0 Å². The quantitative estimate of drug-likeness (QED) is 0.679. The summed E-state index contributed by atoms with van der Waals surface area (Å²) in [7, 11) is 1.69. The molecule has 4 nitrogen and oxygen atoms in total. The summed E-state index contributed by atoms with van der Waals surface area (Å²) in [6.07, 6.45) is 9.47. The smallest absolute Gasteiger partial charge is 0.0883 e. The molecule has 9 atom stereocenters. The summed E-state index contributed by atoms with van der Waals surface area (Å²) >= 11 is 0. The van der Waals surface area contributed by atoms with Gasteiger partial charge in [0.2, 0.25) is 0 Å². The molecule has 0 spiro atoms. The predicted molar refractivity (Wildman–Crippen MR) is 110 cm³/mol. The molecule has 3 unspecified atom stereocenters. The normalized spacial score (nSPS) is 54.5. The van der Waals surface area contributed by atoms with Crippen LogP contribution in [0.5, 0.6) is 0 Å². The van der Waals surface area contributed by atoms with Gasteiger partial charge in [-0.3, -0.25) is 0 Å². The molecule has 0 bridgehead atoms. The SMILES string of the molecule is COC[C@@]1(O)CC[C@]2(C)C3CC[C@@]4(C)C(CC[C@@]4(O)C(C)CO)[C@@H]3CC[C@@H]2C1. The topological polar surface area (TPSA) is 69.9 Å². The average molecular weight is 395 g/mol. The molecule has 0 radical (unpaired) electrons. The monoisotopic (exact) mass is 394 g/mol. The Bertz CT molecular complexity index is 595. The highest BCUT2D eigenvalue weighted by atomic mass is 16.5. The molecule has 0 aromatic carbocycles. The molecule has 4 saturated carbocycles. The van der Waals surface area contributed by atoms with Crippen LogP contribution in [0.4, 0.5) is 0 Å². The van der Waals surface area contributed by atoms with E-state index in [-0.39, 0.29) is 17.9 Å². The van der Waals surface area contributed by atoms with Crippen LogP contribution in [0.25, 0.3) is 0 Å². The second kappa shape index (κ2) is 6.93. The third kappa shape index (κ3) is 2.77. The molecule has 28 heavy (non-hydrogen) atoms. The maximum absolute atomic E-state index is 11.6. The number of methoxy groups -OCH3 is 1. The Labute approximate surface area is 171 Å². The van der Waals surface area contributed by atoms with Crippen molar-refractivity contribution in [1.82, 2.24) is 0 Å². The fraction of sp³-hybridized carbons (Fsp3) is 1.00. The Morgan fingerprint density at radius 2 is 1.68 bits per heavy atom. The standard InChI is InChI=1S/C24H42O4/c1-16(14-25)24(27)10-8-20-18-6-5-17-13-23(26,15-28-4)12-11-21(17,2)19(18)7-9-22(20,24)3/h16-20,25-27H,5-15H2,1-4H3/t16?,17-,18-,19?,20?,21+,22+,23-,24-/m1/s1. The minimum Gasteiger partial charge on any atom is -0.396 e. The van der Waals surface area contributed by atoms with Crippen molar-refractivity contribution in [3.8, 4) is 0 Å². The Morgan fingerprint density at radius 3 is 2.36 bits per heavy atom. The highest BCUT2D eigenvalue weighted by Crippen LogP contribution is 2.69. The molecule has 4 fully saturated rings. The van der Waals surface area contributed by atoms with Gasteiger partial charge in [-0.15, -0.1) is 0 Å². The molecule has 0 aromatic heterocycles. The van der Waals surface area contributed by atoms with Crippen molar-refractivity contribution in [3.05, 3.63) is 0 Å². The van der Waals surface area contributed by atoms with Gasteiger partial charge in [0, 0.05) is 19.6 Å². The number of ether oxygens (including phenoxy) is 1. The van der Waals surface area contributed by atoms with Crippen molar-refractivity contribution < 1.29 is 20.1 Å². The van der Waals surface area contributed by atoms with Crippen molar-refractivity contribution >= 4 is 0 Å². The maximum Gasteiger partial charge on any atom is 0.0883 e. The Morgan fingerprint density at radius 1 is 0.964 bits per heavy atom. The highest BCUT2D eigenvalue weighted by molar-refractivity contribution is 5.15. The summed E-state index contributed by atoms with van der Waals surface area (Å²) in [4.78, 5) is 0. The molecular weight excluding hydrogens is 352 g/mol. The fourth-order valence-corrected chi connectivity index (χ4v) is 8.73. The molecule has 3 N–H and O–H groups in total. The lowest BCUT2D eigenvalue weighted by Crippen LogP contribution is -2.59. The van der Waals surface area contributed by atoms with Crippen molar-refractivity contribution in [2.75, 3.05) is 20.3 Å². The van der Waals surface area contributed by atoms with Gasteiger partial charge in [-0.25, -0.2) is 0 Å². The third-order valence-corrected chi connectivity index (χ3v) is 10.5. The van der Waals surface area contributed by atoms with E-state index in [9.17, 15) is 15.3 Å². The van der Waals surface area contributed by atoms with Crippen LogP contribution in [0.2, 0.25) is 0 Å². The van der Waals surface area contributed by atoms with Gasteiger partial charge in [-0.05, 0) is 92.3 Å². The fourth-order valence-electron chi connectivity index (χ4n) is 8.73. The van der Waals surface area contributed by atoms with Crippen LogP contribution in [-0.4, -0.2) is 46.8 Å². The van der Waals surface area contributed by atoms with E-state index in [4.69, 9.17) is 4.74 Å². The first-order valence-corrected chi connectivity index (χ1v) is 11.7. The number of aliphatic hydroxyl groups is 3. The van der Waals surface area contributed by atoms with Crippen LogP contribution in [0, 0.1) is 40.4 Å². The second-order valence-corrected chi connectivity index (χ2v) is 11.5. The molecule has 4 rings (SSSR count). The maximum atomic E-state index is 11.6. The molecular formula is C24H42O4. The second-order valence-electron chi connectivity index (χ2n) is 11.5. The molecule has 0 aromatic rings. The van der Waals surface area contributed by atoms with Crippen molar-refractivity contribution in [2.24, 2.45) is 40.4 Å². The number of aliphatic hydroxyl groups excluding tert-OH is 1. The number of hydrogen-bond acceptors (Lipinski definition) is 4. The van der Waals surface area contributed by atoms with Crippen LogP contribution in [0.3, 0.4) is 0 Å². The first-order valence-electron chi connectivity index (χ1n) is 11.7. The first-order chi connectivity index (χ1) is 13.1. The van der Waals surface area contributed by atoms with Gasteiger partial charge < -0.3 is 20.1 Å². The van der Waals surface area contributed by atoms with Gasteiger partial charge in [0.05, 0.1) is 17.8 Å². The molecule has 162 valence electrons. The van der Waals surface area contributed by atoms with Crippen molar-refractivity contribution in [3.63, 3.8) is 0 Å². The minimum atomic E-state index is -0.722. The average Bonchev–Trinajstić information content (AvgIpc) is 2.94. The molecule has 4 aliphatic rings. The summed E-state index contributed by atoms with van der Waals surface area (Å²) in [6.45, 7) is 7.38. The van der Waals surface area contributed by atoms with Crippen molar-refractivity contribution in [2.45, 2.75) is 89.8 Å². The van der Waals surface area contributed by atoms with Crippen LogP contribution in [0.15, 0.2) is 0 Å². The summed E-state index contributed by atoms with van der Waals surface area (Å²) in [5, 5.41) is 32.4. The Hall–Kier alpha value is -0.160. The van der Waals surface area contributed by atoms with Gasteiger partial charge in [0.15, 0.2) is 0 Å². The summed E-state index contributed by atoms with van der Waals surface area (Å²) in [5.41, 5.74) is -1.11. The highest BCUT2D eigenvalue weighted by Gasteiger charge is 2.66. The first kappa shape index (κ1) is 21.1. The zero-order chi connectivity index (χ0) is 20.4. The van der Waals surface area contributed by atoms with Gasteiger partial charge in [-0.2, -0.15) is 0 Å². The lowest BCUT2D eigenvalue weighted by Gasteiger charge is -2.63. The molecule has 0 heterocycles. The van der Waals surface area contributed by atoms with E-state index in [1.165, 1.54) is 19.3 Å². The Balaban J connectivity index is 1.58. The molecule has 0 amide bonds. The molecule has 0 aliphatic heterocycles. The minimum absolute atomic E-state index is 0.0512. The summed E-state index contributed by atoms with van der Waals surface area (Å²) in [5.74, 6) is 2.51. The largest absolute Gasteiger partial charge is 0.396 e. The molecule has 4 aliphatic carbocycles. The van der Waals surface area contributed by atoms with Gasteiger partial charge in [0.1, 0.15) is 0 Å². The lowest BCUT2D eigenvalue weighted by molar-refractivity contribution is -0.188.